The Morgan fingerprint density at radius 1 is 0.566 bits per heavy atom. The third-order valence-corrected chi connectivity index (χ3v) is 10.6. The number of nitrogens with zero attached hydrogens (tertiary/aromatic N) is 1. The number of carbonyl (C=O) groups is 2. The number of hydrogen-bond donors (Lipinski definition) is 6. The average Bonchev–Trinajstić information content (AvgIpc) is 3.17. The Morgan fingerprint density at radius 2 is 0.887 bits per heavy atom. The van der Waals surface area contributed by atoms with E-state index < -0.39 is 31.2 Å². The van der Waals surface area contributed by atoms with E-state index in [1.54, 1.807) is 0 Å². The van der Waals surface area contributed by atoms with Crippen LogP contribution in [-0.2, 0) is 53.9 Å². The van der Waals surface area contributed by atoms with Crippen LogP contribution in [0.4, 0.5) is 0 Å². The first-order chi connectivity index (χ1) is 25.2. The first kappa shape index (κ1) is 41.3. The van der Waals surface area contributed by atoms with Crippen molar-refractivity contribution >= 4 is 32.2 Å². The van der Waals surface area contributed by atoms with Crippen molar-refractivity contribution in [3.05, 3.63) is 144 Å². The van der Waals surface area contributed by atoms with Crippen molar-refractivity contribution in [1.82, 2.24) is 20.3 Å². The fourth-order valence-corrected chi connectivity index (χ4v) is 7.37. The summed E-state index contributed by atoms with van der Waals surface area (Å²) in [6.45, 7) is 3.25. The maximum Gasteiger partial charge on any atom is 0.276 e. The van der Waals surface area contributed by atoms with Gasteiger partial charge in [0.25, 0.3) is 20.4 Å². The van der Waals surface area contributed by atoms with E-state index in [2.05, 4.69) is 38.4 Å². The molecule has 2 amide bonds. The smallest absolute Gasteiger partial charge is 0.276 e. The van der Waals surface area contributed by atoms with E-state index in [0.717, 1.165) is 48.2 Å². The predicted molar refractivity (Wildman–Crippen MR) is 206 cm³/mol. The Morgan fingerprint density at radius 3 is 1.23 bits per heavy atom. The molecule has 2 saturated heterocycles. The molecule has 4 aromatic rings. The van der Waals surface area contributed by atoms with Gasteiger partial charge in [-0.1, -0.05) is 121 Å². The Labute approximate surface area is 312 Å². The molecule has 0 radical (unpaired) electrons. The lowest BCUT2D eigenvalue weighted by Gasteiger charge is -2.40. The topological polar surface area (TPSA) is 220 Å². The zero-order valence-corrected chi connectivity index (χ0v) is 31.2. The van der Waals surface area contributed by atoms with Crippen molar-refractivity contribution in [3.8, 4) is 0 Å². The third-order valence-electron chi connectivity index (χ3n) is 9.51. The SMILES string of the molecule is NS(=O)(=O)N1CCC(C(=O)NCc2ccccc2)(c2ccccc2)CC1.NS(N)(=O)=O.O=C(NCc1ccccc1)C1(c2ccccc2)CCNCC1. The van der Waals surface area contributed by atoms with Crippen LogP contribution < -0.4 is 31.4 Å². The van der Waals surface area contributed by atoms with E-state index in [9.17, 15) is 26.4 Å². The van der Waals surface area contributed by atoms with Gasteiger partial charge in [-0.2, -0.15) is 21.1 Å². The maximum absolute atomic E-state index is 13.1. The minimum Gasteiger partial charge on any atom is -0.351 e. The Bertz CT molecular complexity index is 1950. The molecule has 6 rings (SSSR count). The molecule has 0 atom stereocenters. The fourth-order valence-electron chi connectivity index (χ4n) is 6.68. The highest BCUT2D eigenvalue weighted by molar-refractivity contribution is 7.87. The summed E-state index contributed by atoms with van der Waals surface area (Å²) in [4.78, 5) is 26.1. The van der Waals surface area contributed by atoms with Gasteiger partial charge in [-0.25, -0.2) is 15.4 Å². The molecule has 0 aromatic heterocycles. The zero-order chi connectivity index (χ0) is 38.4. The van der Waals surface area contributed by atoms with E-state index in [0.29, 0.717) is 25.9 Å². The molecule has 2 fully saturated rings. The summed E-state index contributed by atoms with van der Waals surface area (Å²) in [5, 5.41) is 23.0. The van der Waals surface area contributed by atoms with Gasteiger partial charge in [0, 0.05) is 26.2 Å². The number of hydrogen-bond acceptors (Lipinski definition) is 7. The first-order valence-electron chi connectivity index (χ1n) is 17.3. The Kier molecular flexibility index (Phi) is 14.8. The van der Waals surface area contributed by atoms with E-state index in [1.807, 2.05) is 109 Å². The van der Waals surface area contributed by atoms with Gasteiger partial charge in [-0.05, 0) is 61.0 Å². The number of amides is 2. The van der Waals surface area contributed by atoms with Crippen LogP contribution in [0.5, 0.6) is 0 Å². The van der Waals surface area contributed by atoms with Crippen molar-refractivity contribution in [2.24, 2.45) is 15.4 Å². The molecule has 13 nitrogen and oxygen atoms in total. The van der Waals surface area contributed by atoms with E-state index in [1.165, 1.54) is 4.31 Å². The van der Waals surface area contributed by atoms with Crippen LogP contribution in [0.15, 0.2) is 121 Å². The quantitative estimate of drug-likeness (QED) is 0.149. The fraction of sp³-hybridized carbons (Fsp3) is 0.316. The van der Waals surface area contributed by atoms with Crippen molar-refractivity contribution < 1.29 is 26.4 Å². The Balaban J connectivity index is 0.000000212. The van der Waals surface area contributed by atoms with Gasteiger partial charge in [-0.15, -0.1) is 0 Å². The van der Waals surface area contributed by atoms with Gasteiger partial charge in [-0.3, -0.25) is 9.59 Å². The standard InChI is InChI=1S/C19H23N3O3S.C19H22N2O.H4N2O2S/c20-26(24,25)22-13-11-19(12-14-22,17-9-5-2-6-10-17)18(23)21-15-16-7-3-1-4-8-16;22-18(21-15-16-7-3-1-4-8-16)19(11-13-20-14-12-19)17-9-5-2-6-10-17;1-5(2,3)4/h1-10H,11-15H2,(H,21,23)(H2,20,24,25);1-10,20H,11-15H2,(H,21,22);(H4,1,2,3,4). The highest BCUT2D eigenvalue weighted by atomic mass is 32.2. The molecule has 15 heteroatoms. The number of nitrogens with one attached hydrogen (secondary N) is 3. The minimum absolute atomic E-state index is 0.0818. The van der Waals surface area contributed by atoms with Gasteiger partial charge in [0.2, 0.25) is 11.8 Å². The van der Waals surface area contributed by atoms with Crippen LogP contribution >= 0.6 is 0 Å². The molecule has 2 aliphatic heterocycles. The second kappa shape index (κ2) is 19.0. The maximum atomic E-state index is 13.1. The van der Waals surface area contributed by atoms with Crippen LogP contribution in [0, 0.1) is 0 Å². The van der Waals surface area contributed by atoms with Gasteiger partial charge < -0.3 is 16.0 Å². The number of piperidine rings is 2. The summed E-state index contributed by atoms with van der Waals surface area (Å²) in [5.74, 6) is 0.0608. The monoisotopic (exact) mass is 763 g/mol. The van der Waals surface area contributed by atoms with E-state index >= 15 is 0 Å². The zero-order valence-electron chi connectivity index (χ0n) is 29.6. The lowest BCUT2D eigenvalue weighted by atomic mass is 9.72. The van der Waals surface area contributed by atoms with Crippen LogP contribution in [0.3, 0.4) is 0 Å². The summed E-state index contributed by atoms with van der Waals surface area (Å²) in [7, 11) is -7.40. The molecule has 0 unspecified atom stereocenters. The van der Waals surface area contributed by atoms with Crippen molar-refractivity contribution in [2.45, 2.75) is 49.6 Å². The van der Waals surface area contributed by atoms with Gasteiger partial charge in [0.05, 0.1) is 10.8 Å². The first-order valence-corrected chi connectivity index (χ1v) is 20.4. The molecule has 0 aliphatic carbocycles. The van der Waals surface area contributed by atoms with Gasteiger partial charge >= 0.3 is 0 Å². The normalized spacial score (nSPS) is 16.7. The molecule has 2 aliphatic rings. The van der Waals surface area contributed by atoms with Gasteiger partial charge in [0.1, 0.15) is 0 Å². The van der Waals surface area contributed by atoms with Crippen LogP contribution in [0.25, 0.3) is 0 Å². The summed E-state index contributed by atoms with van der Waals surface area (Å²) in [5.41, 5.74) is 3.03. The molecule has 284 valence electrons. The van der Waals surface area contributed by atoms with Crippen LogP contribution in [-0.4, -0.2) is 59.1 Å². The highest BCUT2D eigenvalue weighted by Crippen LogP contribution is 2.37. The Hall–Kier alpha value is -4.48. The second-order valence-electron chi connectivity index (χ2n) is 13.0. The molecule has 9 N–H and O–H groups in total. The molecule has 2 heterocycles. The number of carbonyl (C=O) groups excluding carboxylic acids is 2. The molecular formula is C38H49N7O6S2. The third kappa shape index (κ3) is 12.3. The molecule has 0 bridgehead atoms. The number of benzene rings is 4. The van der Waals surface area contributed by atoms with E-state index in [4.69, 9.17) is 5.14 Å². The van der Waals surface area contributed by atoms with Crippen molar-refractivity contribution in [2.75, 3.05) is 26.2 Å². The van der Waals surface area contributed by atoms with Crippen molar-refractivity contribution in [1.29, 1.82) is 0 Å². The molecule has 4 aromatic carbocycles. The lowest BCUT2D eigenvalue weighted by Crippen LogP contribution is -2.53. The lowest BCUT2D eigenvalue weighted by molar-refractivity contribution is -0.129. The molecule has 0 saturated carbocycles. The van der Waals surface area contributed by atoms with Crippen LogP contribution in [0.1, 0.15) is 47.9 Å². The molecular weight excluding hydrogens is 715 g/mol. The predicted octanol–water partition coefficient (Wildman–Crippen LogP) is 2.31. The summed E-state index contributed by atoms with van der Waals surface area (Å²) in [6.07, 6.45) is 2.48. The molecule has 53 heavy (non-hydrogen) atoms. The van der Waals surface area contributed by atoms with Crippen LogP contribution in [0.2, 0.25) is 0 Å². The number of nitrogens with two attached hydrogens (primary N) is 3. The summed E-state index contributed by atoms with van der Waals surface area (Å²) in [6, 6.07) is 39.5. The highest BCUT2D eigenvalue weighted by Gasteiger charge is 2.44. The summed E-state index contributed by atoms with van der Waals surface area (Å²) >= 11 is 0. The minimum atomic E-state index is -3.74. The summed E-state index contributed by atoms with van der Waals surface area (Å²) < 4.78 is 42.8. The molecule has 0 spiro atoms. The second-order valence-corrected chi connectivity index (χ2v) is 15.7. The van der Waals surface area contributed by atoms with E-state index in [-0.39, 0.29) is 24.9 Å². The average molecular weight is 764 g/mol. The number of rotatable bonds is 9. The largest absolute Gasteiger partial charge is 0.351 e. The van der Waals surface area contributed by atoms with Gasteiger partial charge in [0.15, 0.2) is 0 Å². The van der Waals surface area contributed by atoms with Crippen molar-refractivity contribution in [3.63, 3.8) is 0 Å².